The summed E-state index contributed by atoms with van der Waals surface area (Å²) in [5.41, 5.74) is 2.03. The van der Waals surface area contributed by atoms with Crippen LogP contribution in [0.15, 0.2) is 36.5 Å². The molecule has 5 rings (SSSR count). The van der Waals surface area contributed by atoms with Gasteiger partial charge in [-0.15, -0.1) is 0 Å². The van der Waals surface area contributed by atoms with E-state index in [0.717, 1.165) is 31.5 Å². The van der Waals surface area contributed by atoms with E-state index < -0.39 is 0 Å². The van der Waals surface area contributed by atoms with Crippen LogP contribution in [-0.2, 0) is 0 Å². The molecule has 1 saturated heterocycles. The van der Waals surface area contributed by atoms with Gasteiger partial charge in [0.05, 0.1) is 41.2 Å². The number of carbonyl (C=O) groups excluding carboxylic acids is 2. The Hall–Kier alpha value is -3.60. The van der Waals surface area contributed by atoms with Crippen molar-refractivity contribution in [3.05, 3.63) is 63.3 Å². The number of ether oxygens (including phenoxy) is 2. The number of hydrogen-bond acceptors (Lipinski definition) is 8. The van der Waals surface area contributed by atoms with Crippen LogP contribution in [0.25, 0.3) is 0 Å². The number of hydrogen-bond donors (Lipinski definition) is 3. The van der Waals surface area contributed by atoms with Gasteiger partial charge in [-0.05, 0) is 63.7 Å². The third-order valence-corrected chi connectivity index (χ3v) is 7.42. The van der Waals surface area contributed by atoms with E-state index in [4.69, 9.17) is 32.7 Å². The van der Waals surface area contributed by atoms with E-state index >= 15 is 0 Å². The van der Waals surface area contributed by atoms with Gasteiger partial charge in [-0.2, -0.15) is 4.98 Å². The topological polar surface area (TPSA) is 118 Å². The highest BCUT2D eigenvalue weighted by Crippen LogP contribution is 2.37. The van der Waals surface area contributed by atoms with Crippen molar-refractivity contribution in [2.45, 2.75) is 31.8 Å². The Morgan fingerprint density at radius 1 is 1.15 bits per heavy atom. The van der Waals surface area contributed by atoms with Crippen LogP contribution < -0.4 is 25.4 Å². The van der Waals surface area contributed by atoms with E-state index in [0.29, 0.717) is 28.3 Å². The number of amides is 2. The molecule has 3 aromatic rings. The van der Waals surface area contributed by atoms with Crippen molar-refractivity contribution in [3.63, 3.8) is 0 Å². The summed E-state index contributed by atoms with van der Waals surface area (Å²) < 4.78 is 11.5. The van der Waals surface area contributed by atoms with Gasteiger partial charge >= 0.3 is 0 Å². The highest BCUT2D eigenvalue weighted by atomic mass is 35.5. The lowest BCUT2D eigenvalue weighted by Crippen LogP contribution is -2.43. The number of rotatable bonds is 7. The molecule has 3 heterocycles. The van der Waals surface area contributed by atoms with E-state index in [1.165, 1.54) is 13.3 Å². The van der Waals surface area contributed by atoms with Crippen LogP contribution in [0.4, 0.5) is 11.6 Å². The average molecular weight is 571 g/mol. The molecule has 1 fully saturated rings. The number of carbonyl (C=O) groups is 2. The Labute approximate surface area is 236 Å². The Morgan fingerprint density at radius 3 is 2.67 bits per heavy atom. The molecule has 2 aliphatic heterocycles. The summed E-state index contributed by atoms with van der Waals surface area (Å²) in [5.74, 6) is 0.441. The molecular formula is C27H28Cl2N6O4. The normalized spacial score (nSPS) is 17.4. The minimum absolute atomic E-state index is 0.0640. The van der Waals surface area contributed by atoms with Crippen LogP contribution in [-0.4, -0.2) is 60.0 Å². The number of piperidine rings is 1. The van der Waals surface area contributed by atoms with Gasteiger partial charge in [0.1, 0.15) is 16.5 Å². The SMILES string of the molecule is COc1cc(C(=O)NC2CCN(C)CC2)c(Cl)cc1Nc1ncc(Cl)c(Oc2cccc3c2C(=O)N[C@H]3C)n1. The van der Waals surface area contributed by atoms with Crippen molar-refractivity contribution in [3.8, 4) is 17.4 Å². The molecule has 0 saturated carbocycles. The fourth-order valence-corrected chi connectivity index (χ4v) is 5.08. The zero-order valence-electron chi connectivity index (χ0n) is 21.7. The third kappa shape index (κ3) is 5.73. The maximum absolute atomic E-state index is 13.0. The summed E-state index contributed by atoms with van der Waals surface area (Å²) in [6, 6.07) is 8.48. The Kier molecular flexibility index (Phi) is 7.79. The van der Waals surface area contributed by atoms with Crippen LogP contribution in [0, 0.1) is 0 Å². The van der Waals surface area contributed by atoms with Crippen molar-refractivity contribution in [1.29, 1.82) is 0 Å². The van der Waals surface area contributed by atoms with E-state index in [2.05, 4.69) is 37.9 Å². The van der Waals surface area contributed by atoms with Crippen molar-refractivity contribution < 1.29 is 19.1 Å². The number of methoxy groups -OCH3 is 1. The first-order valence-electron chi connectivity index (χ1n) is 12.5. The molecule has 0 spiro atoms. The summed E-state index contributed by atoms with van der Waals surface area (Å²) in [6.07, 6.45) is 3.14. The summed E-state index contributed by atoms with van der Waals surface area (Å²) in [7, 11) is 3.56. The minimum Gasteiger partial charge on any atom is -0.495 e. The molecule has 3 N–H and O–H groups in total. The van der Waals surface area contributed by atoms with E-state index in [1.54, 1.807) is 24.3 Å². The van der Waals surface area contributed by atoms with Crippen molar-refractivity contribution >= 4 is 46.7 Å². The molecule has 204 valence electrons. The lowest BCUT2D eigenvalue weighted by molar-refractivity contribution is 0.0915. The van der Waals surface area contributed by atoms with Crippen molar-refractivity contribution in [2.75, 3.05) is 32.6 Å². The monoisotopic (exact) mass is 570 g/mol. The third-order valence-electron chi connectivity index (χ3n) is 6.85. The summed E-state index contributed by atoms with van der Waals surface area (Å²) in [4.78, 5) is 36.3. The first-order valence-corrected chi connectivity index (χ1v) is 13.3. The first-order chi connectivity index (χ1) is 18.7. The second-order valence-electron chi connectivity index (χ2n) is 9.57. The Morgan fingerprint density at radius 2 is 1.92 bits per heavy atom. The molecule has 0 aliphatic carbocycles. The van der Waals surface area contributed by atoms with Crippen molar-refractivity contribution in [1.82, 2.24) is 25.5 Å². The number of aromatic nitrogens is 2. The number of fused-ring (bicyclic) bond motifs is 1. The fourth-order valence-electron chi connectivity index (χ4n) is 4.70. The molecule has 0 bridgehead atoms. The van der Waals surface area contributed by atoms with Crippen LogP contribution in [0.1, 0.15) is 52.1 Å². The van der Waals surface area contributed by atoms with Gasteiger partial charge in [-0.3, -0.25) is 9.59 Å². The molecule has 39 heavy (non-hydrogen) atoms. The largest absolute Gasteiger partial charge is 0.495 e. The zero-order chi connectivity index (χ0) is 27.7. The zero-order valence-corrected chi connectivity index (χ0v) is 23.2. The highest BCUT2D eigenvalue weighted by molar-refractivity contribution is 6.34. The van der Waals surface area contributed by atoms with Crippen LogP contribution in [0.5, 0.6) is 17.4 Å². The molecule has 0 unspecified atom stereocenters. The van der Waals surface area contributed by atoms with Gasteiger partial charge < -0.3 is 30.3 Å². The smallest absolute Gasteiger partial charge is 0.255 e. The number of nitrogens with one attached hydrogen (secondary N) is 3. The maximum atomic E-state index is 13.0. The number of likely N-dealkylation sites (tertiary alicyclic amines) is 1. The van der Waals surface area contributed by atoms with Crippen LogP contribution in [0.3, 0.4) is 0 Å². The fraction of sp³-hybridized carbons (Fsp3) is 0.333. The number of benzene rings is 2. The van der Waals surface area contributed by atoms with Crippen LogP contribution in [0.2, 0.25) is 10.0 Å². The number of halogens is 2. The van der Waals surface area contributed by atoms with Crippen LogP contribution >= 0.6 is 23.2 Å². The number of nitrogens with zero attached hydrogens (tertiary/aromatic N) is 3. The molecule has 10 nitrogen and oxygen atoms in total. The van der Waals surface area contributed by atoms with Gasteiger partial charge in [0.25, 0.3) is 11.8 Å². The molecular weight excluding hydrogens is 543 g/mol. The standard InChI is InChI=1S/C27H28Cl2N6O4/c1-14-16-5-4-6-21(23(16)25(37)31-14)39-26-19(29)13-30-27(34-26)33-20-12-18(28)17(11-22(20)38-3)24(36)32-15-7-9-35(2)10-8-15/h4-6,11-15H,7-10H2,1-3H3,(H,31,37)(H,32,36)(H,30,33,34)/t14-/m0/s1. The van der Waals surface area contributed by atoms with E-state index in [1.807, 2.05) is 13.0 Å². The molecule has 1 aromatic heterocycles. The summed E-state index contributed by atoms with van der Waals surface area (Å²) in [6.45, 7) is 3.75. The molecule has 2 aliphatic rings. The van der Waals surface area contributed by atoms with E-state index in [9.17, 15) is 9.59 Å². The molecule has 0 radical (unpaired) electrons. The summed E-state index contributed by atoms with van der Waals surface area (Å²) >= 11 is 12.8. The second kappa shape index (κ2) is 11.3. The molecule has 12 heteroatoms. The molecule has 2 aromatic carbocycles. The van der Waals surface area contributed by atoms with Gasteiger partial charge in [-0.1, -0.05) is 35.3 Å². The minimum atomic E-state index is -0.258. The van der Waals surface area contributed by atoms with Gasteiger partial charge in [0.2, 0.25) is 11.8 Å². The number of anilines is 2. The Balaban J connectivity index is 1.36. The predicted octanol–water partition coefficient (Wildman–Crippen LogP) is 4.96. The summed E-state index contributed by atoms with van der Waals surface area (Å²) in [5, 5.41) is 9.39. The van der Waals surface area contributed by atoms with Crippen molar-refractivity contribution in [2.24, 2.45) is 0 Å². The average Bonchev–Trinajstić information content (AvgIpc) is 3.21. The molecule has 2 amide bonds. The van der Waals surface area contributed by atoms with E-state index in [-0.39, 0.29) is 45.8 Å². The quantitative estimate of drug-likeness (QED) is 0.365. The van der Waals surface area contributed by atoms with Gasteiger partial charge in [-0.25, -0.2) is 4.98 Å². The second-order valence-corrected chi connectivity index (χ2v) is 10.4. The van der Waals surface area contributed by atoms with Gasteiger partial charge in [0, 0.05) is 6.04 Å². The molecule has 1 atom stereocenters. The predicted molar refractivity (Wildman–Crippen MR) is 149 cm³/mol. The van der Waals surface area contributed by atoms with Gasteiger partial charge in [0.15, 0.2) is 0 Å². The Bertz CT molecular complexity index is 1430. The highest BCUT2D eigenvalue weighted by Gasteiger charge is 2.29. The maximum Gasteiger partial charge on any atom is 0.255 e. The first kappa shape index (κ1) is 27.0. The lowest BCUT2D eigenvalue weighted by atomic mass is 10.0. The lowest BCUT2D eigenvalue weighted by Gasteiger charge is -2.29.